The van der Waals surface area contributed by atoms with E-state index in [1.54, 1.807) is 18.6 Å². The zero-order chi connectivity index (χ0) is 18.0. The minimum atomic E-state index is -0.394. The Balaban J connectivity index is 2.01. The number of carbonyl (C=O) groups excluding carboxylic acids is 1. The molecule has 1 saturated heterocycles. The SMILES string of the molecule is CCCn1nccc1-c1nccnc1C1CCCN1C(=O)C(C)(C)C. The highest BCUT2D eigenvalue weighted by Crippen LogP contribution is 2.37. The first-order valence-corrected chi connectivity index (χ1v) is 9.07. The van der Waals surface area contributed by atoms with Gasteiger partial charge in [-0.2, -0.15) is 5.10 Å². The Labute approximate surface area is 149 Å². The molecule has 1 aliphatic rings. The zero-order valence-electron chi connectivity index (χ0n) is 15.6. The lowest BCUT2D eigenvalue weighted by molar-refractivity contribution is -0.140. The van der Waals surface area contributed by atoms with Gasteiger partial charge in [0, 0.05) is 37.1 Å². The molecule has 0 bridgehead atoms. The summed E-state index contributed by atoms with van der Waals surface area (Å²) in [4.78, 5) is 24.1. The summed E-state index contributed by atoms with van der Waals surface area (Å²) in [6.07, 6.45) is 8.16. The molecular formula is C19H27N5O. The van der Waals surface area contributed by atoms with E-state index in [2.05, 4.69) is 22.0 Å². The van der Waals surface area contributed by atoms with Gasteiger partial charge in [-0.15, -0.1) is 0 Å². The molecule has 2 aromatic rings. The van der Waals surface area contributed by atoms with Crippen LogP contribution in [-0.2, 0) is 11.3 Å². The fraction of sp³-hybridized carbons (Fsp3) is 0.579. The standard InChI is InChI=1S/C19H27N5O/c1-5-12-24-15(8-9-22-24)17-16(20-10-11-21-17)14-7-6-13-23(14)18(25)19(2,3)4/h8-11,14H,5-7,12-13H2,1-4H3. The van der Waals surface area contributed by atoms with Crippen LogP contribution in [0.5, 0.6) is 0 Å². The molecule has 134 valence electrons. The van der Waals surface area contributed by atoms with Gasteiger partial charge in [0.05, 0.1) is 17.4 Å². The molecule has 0 aliphatic carbocycles. The molecule has 1 fully saturated rings. The minimum Gasteiger partial charge on any atom is -0.334 e. The van der Waals surface area contributed by atoms with Crippen molar-refractivity contribution in [2.45, 2.75) is 59.5 Å². The molecule has 6 heteroatoms. The first kappa shape index (κ1) is 17.6. The Morgan fingerprint density at radius 3 is 2.72 bits per heavy atom. The summed E-state index contributed by atoms with van der Waals surface area (Å²) in [5, 5.41) is 4.41. The van der Waals surface area contributed by atoms with Gasteiger partial charge in [0.25, 0.3) is 0 Å². The van der Waals surface area contributed by atoms with E-state index in [0.717, 1.165) is 49.4 Å². The van der Waals surface area contributed by atoms with Crippen LogP contribution in [0.4, 0.5) is 0 Å². The number of aryl methyl sites for hydroxylation is 1. The van der Waals surface area contributed by atoms with E-state index < -0.39 is 5.41 Å². The number of aromatic nitrogens is 4. The number of hydrogen-bond donors (Lipinski definition) is 0. The predicted octanol–water partition coefficient (Wildman–Crippen LogP) is 3.46. The van der Waals surface area contributed by atoms with Gasteiger partial charge in [0.2, 0.25) is 5.91 Å². The summed E-state index contributed by atoms with van der Waals surface area (Å²) in [6, 6.07) is 1.97. The van der Waals surface area contributed by atoms with Gasteiger partial charge < -0.3 is 4.90 Å². The maximum absolute atomic E-state index is 12.9. The van der Waals surface area contributed by atoms with E-state index in [0.29, 0.717) is 0 Å². The van der Waals surface area contributed by atoms with Gasteiger partial charge in [-0.25, -0.2) is 0 Å². The average molecular weight is 341 g/mol. The molecule has 3 rings (SSSR count). The molecular weight excluding hydrogens is 314 g/mol. The lowest BCUT2D eigenvalue weighted by Crippen LogP contribution is -2.39. The maximum Gasteiger partial charge on any atom is 0.228 e. The van der Waals surface area contributed by atoms with Gasteiger partial charge >= 0.3 is 0 Å². The van der Waals surface area contributed by atoms with Crippen LogP contribution in [0.15, 0.2) is 24.7 Å². The third-order valence-electron chi connectivity index (χ3n) is 4.59. The number of nitrogens with zero attached hydrogens (tertiary/aromatic N) is 5. The van der Waals surface area contributed by atoms with Crippen LogP contribution < -0.4 is 0 Å². The first-order chi connectivity index (χ1) is 11.9. The molecule has 3 heterocycles. The van der Waals surface area contributed by atoms with Crippen LogP contribution in [-0.4, -0.2) is 37.1 Å². The van der Waals surface area contributed by atoms with Crippen molar-refractivity contribution >= 4 is 5.91 Å². The molecule has 1 amide bonds. The Hall–Kier alpha value is -2.24. The number of amides is 1. The molecule has 1 unspecified atom stereocenters. The van der Waals surface area contributed by atoms with Gasteiger partial charge in [-0.05, 0) is 25.3 Å². The molecule has 1 aliphatic heterocycles. The molecule has 25 heavy (non-hydrogen) atoms. The summed E-state index contributed by atoms with van der Waals surface area (Å²) in [7, 11) is 0. The molecule has 0 spiro atoms. The molecule has 1 atom stereocenters. The predicted molar refractivity (Wildman–Crippen MR) is 96.7 cm³/mol. The third-order valence-corrected chi connectivity index (χ3v) is 4.59. The second-order valence-corrected chi connectivity index (χ2v) is 7.64. The fourth-order valence-electron chi connectivity index (χ4n) is 3.44. The van der Waals surface area contributed by atoms with Crippen LogP contribution in [0.2, 0.25) is 0 Å². The highest BCUT2D eigenvalue weighted by atomic mass is 16.2. The molecule has 0 radical (unpaired) electrons. The van der Waals surface area contributed by atoms with Crippen molar-refractivity contribution in [3.05, 3.63) is 30.4 Å². The zero-order valence-corrected chi connectivity index (χ0v) is 15.6. The second-order valence-electron chi connectivity index (χ2n) is 7.64. The van der Waals surface area contributed by atoms with Crippen molar-refractivity contribution in [1.82, 2.24) is 24.6 Å². The van der Waals surface area contributed by atoms with Crippen LogP contribution in [0.25, 0.3) is 11.4 Å². The Kier molecular flexibility index (Phi) is 4.88. The Morgan fingerprint density at radius 1 is 1.24 bits per heavy atom. The first-order valence-electron chi connectivity index (χ1n) is 9.07. The average Bonchev–Trinajstić information content (AvgIpc) is 3.22. The van der Waals surface area contributed by atoms with E-state index in [1.165, 1.54) is 0 Å². The quantitative estimate of drug-likeness (QED) is 0.854. The fourth-order valence-corrected chi connectivity index (χ4v) is 3.44. The van der Waals surface area contributed by atoms with Gasteiger partial charge in [0.1, 0.15) is 5.69 Å². The Morgan fingerprint density at radius 2 is 2.00 bits per heavy atom. The van der Waals surface area contributed by atoms with E-state index in [-0.39, 0.29) is 11.9 Å². The van der Waals surface area contributed by atoms with Gasteiger partial charge in [-0.3, -0.25) is 19.4 Å². The molecule has 0 aromatic carbocycles. The van der Waals surface area contributed by atoms with Crippen molar-refractivity contribution in [3.8, 4) is 11.4 Å². The normalized spacial score (nSPS) is 17.9. The number of rotatable bonds is 4. The lowest BCUT2D eigenvalue weighted by Gasteiger charge is -2.31. The highest BCUT2D eigenvalue weighted by molar-refractivity contribution is 5.82. The summed E-state index contributed by atoms with van der Waals surface area (Å²) in [5.74, 6) is 0.175. The summed E-state index contributed by atoms with van der Waals surface area (Å²) >= 11 is 0. The smallest absolute Gasteiger partial charge is 0.228 e. The lowest BCUT2D eigenvalue weighted by atomic mass is 9.94. The van der Waals surface area contributed by atoms with E-state index in [4.69, 9.17) is 0 Å². The van der Waals surface area contributed by atoms with E-state index in [1.807, 2.05) is 36.4 Å². The molecule has 0 saturated carbocycles. The van der Waals surface area contributed by atoms with Gasteiger partial charge in [0.15, 0.2) is 0 Å². The number of likely N-dealkylation sites (tertiary alicyclic amines) is 1. The van der Waals surface area contributed by atoms with Crippen molar-refractivity contribution in [2.24, 2.45) is 5.41 Å². The third kappa shape index (κ3) is 3.43. The molecule has 2 aromatic heterocycles. The highest BCUT2D eigenvalue weighted by Gasteiger charge is 2.37. The monoisotopic (exact) mass is 341 g/mol. The van der Waals surface area contributed by atoms with Crippen molar-refractivity contribution < 1.29 is 4.79 Å². The summed E-state index contributed by atoms with van der Waals surface area (Å²) in [6.45, 7) is 9.66. The van der Waals surface area contributed by atoms with Crippen LogP contribution in [0.3, 0.4) is 0 Å². The number of carbonyl (C=O) groups is 1. The van der Waals surface area contributed by atoms with Crippen molar-refractivity contribution in [2.75, 3.05) is 6.54 Å². The largest absolute Gasteiger partial charge is 0.334 e. The number of hydrogen-bond acceptors (Lipinski definition) is 4. The van der Waals surface area contributed by atoms with Crippen molar-refractivity contribution in [3.63, 3.8) is 0 Å². The molecule has 0 N–H and O–H groups in total. The maximum atomic E-state index is 12.9. The van der Waals surface area contributed by atoms with E-state index >= 15 is 0 Å². The van der Waals surface area contributed by atoms with Crippen LogP contribution in [0.1, 0.15) is 58.7 Å². The van der Waals surface area contributed by atoms with E-state index in [9.17, 15) is 4.79 Å². The second kappa shape index (κ2) is 6.94. The van der Waals surface area contributed by atoms with Gasteiger partial charge in [-0.1, -0.05) is 27.7 Å². The minimum absolute atomic E-state index is 0.0135. The topological polar surface area (TPSA) is 63.9 Å². The van der Waals surface area contributed by atoms with Crippen molar-refractivity contribution in [1.29, 1.82) is 0 Å². The Bertz CT molecular complexity index is 746. The summed E-state index contributed by atoms with van der Waals surface area (Å²) in [5.41, 5.74) is 2.30. The van der Waals surface area contributed by atoms with Crippen LogP contribution >= 0.6 is 0 Å². The molecule has 6 nitrogen and oxygen atoms in total. The van der Waals surface area contributed by atoms with Crippen LogP contribution in [0, 0.1) is 5.41 Å². The summed E-state index contributed by atoms with van der Waals surface area (Å²) < 4.78 is 1.97.